The fourth-order valence-corrected chi connectivity index (χ4v) is 2.21. The summed E-state index contributed by atoms with van der Waals surface area (Å²) >= 11 is 0. The Bertz CT molecular complexity index is 608. The molecular weight excluding hydrogens is 270 g/mol. The summed E-state index contributed by atoms with van der Waals surface area (Å²) in [5, 5.41) is 5.12. The number of aromatic nitrogens is 1. The monoisotopic (exact) mass is 285 g/mol. The molecule has 7 nitrogen and oxygen atoms in total. The van der Waals surface area contributed by atoms with Crippen LogP contribution >= 0.6 is 0 Å². The minimum atomic E-state index is -4.04. The highest BCUT2D eigenvalue weighted by Gasteiger charge is 2.30. The molecule has 0 saturated heterocycles. The van der Waals surface area contributed by atoms with E-state index < -0.39 is 15.9 Å². The number of rotatable bonds is 4. The molecule has 0 aromatic carbocycles. The normalized spacial score (nSPS) is 15.1. The smallest absolute Gasteiger partial charge is 0.258 e. The van der Waals surface area contributed by atoms with Crippen LogP contribution in [0.4, 0.5) is 0 Å². The molecule has 0 radical (unpaired) electrons. The number of carbonyl (C=O) groups is 1. The molecular formula is C11H15N3O4S. The van der Waals surface area contributed by atoms with Crippen molar-refractivity contribution in [3.63, 3.8) is 0 Å². The molecule has 0 spiro atoms. The lowest BCUT2D eigenvalue weighted by atomic mass is 10.2. The summed E-state index contributed by atoms with van der Waals surface area (Å²) in [6.07, 6.45) is 4.19. The largest absolute Gasteiger partial charge is 0.488 e. The van der Waals surface area contributed by atoms with Gasteiger partial charge in [0.05, 0.1) is 12.3 Å². The van der Waals surface area contributed by atoms with Gasteiger partial charge in [0.25, 0.3) is 5.91 Å². The summed E-state index contributed by atoms with van der Waals surface area (Å²) in [6.45, 7) is 0. The molecule has 1 aliphatic carbocycles. The Balaban J connectivity index is 2.57. The number of amides is 1. The first-order valence-electron chi connectivity index (χ1n) is 5.70. The topological polar surface area (TPSA) is 103 Å². The Morgan fingerprint density at radius 2 is 2.05 bits per heavy atom. The van der Waals surface area contributed by atoms with Gasteiger partial charge in [-0.25, -0.2) is 13.6 Å². The van der Waals surface area contributed by atoms with Crippen LogP contribution in [0, 0.1) is 0 Å². The second kappa shape index (κ2) is 4.78. The van der Waals surface area contributed by atoms with Crippen LogP contribution < -0.4 is 9.88 Å². The molecule has 2 N–H and O–H groups in total. The van der Waals surface area contributed by atoms with Crippen molar-refractivity contribution in [1.29, 1.82) is 0 Å². The second-order valence-electron chi connectivity index (χ2n) is 4.57. The third kappa shape index (κ3) is 3.02. The van der Waals surface area contributed by atoms with Crippen molar-refractivity contribution in [3.8, 4) is 5.75 Å². The summed E-state index contributed by atoms with van der Waals surface area (Å²) in [5.74, 6) is -0.324. The van der Waals surface area contributed by atoms with Crippen molar-refractivity contribution >= 4 is 15.9 Å². The van der Waals surface area contributed by atoms with Crippen molar-refractivity contribution in [3.05, 3.63) is 18.0 Å². The van der Waals surface area contributed by atoms with E-state index in [2.05, 4.69) is 4.98 Å². The maximum absolute atomic E-state index is 12.1. The van der Waals surface area contributed by atoms with Crippen LogP contribution in [0.3, 0.4) is 0 Å². The molecule has 8 heteroatoms. The van der Waals surface area contributed by atoms with Crippen molar-refractivity contribution < 1.29 is 17.9 Å². The number of hydrogen-bond acceptors (Lipinski definition) is 5. The molecule has 0 bridgehead atoms. The molecule has 1 amide bonds. The molecule has 1 aromatic rings. The maximum Gasteiger partial charge on any atom is 0.258 e. The maximum atomic E-state index is 12.1. The average molecular weight is 285 g/mol. The molecule has 1 saturated carbocycles. The van der Waals surface area contributed by atoms with Gasteiger partial charge in [-0.05, 0) is 12.8 Å². The van der Waals surface area contributed by atoms with Gasteiger partial charge >= 0.3 is 0 Å². The fraction of sp³-hybridized carbons (Fsp3) is 0.455. The zero-order valence-corrected chi connectivity index (χ0v) is 11.5. The molecule has 1 heterocycles. The number of sulfonamides is 1. The number of ether oxygens (including phenoxy) is 1. The lowest BCUT2D eigenvalue weighted by Crippen LogP contribution is -2.26. The quantitative estimate of drug-likeness (QED) is 0.837. The summed E-state index contributed by atoms with van der Waals surface area (Å²) in [4.78, 5) is 16.9. The van der Waals surface area contributed by atoms with Crippen LogP contribution in [0.2, 0.25) is 0 Å². The standard InChI is InChI=1S/C11H15N3O4S/c1-14(2)11(15)10-8(18-7-3-4-7)5-13-6-9(10)19(12,16)17/h5-7H,3-4H2,1-2H3,(H2,12,16,17). The zero-order chi connectivity index (χ0) is 14.2. The SMILES string of the molecule is CN(C)C(=O)c1c(OC2CC2)cncc1S(N)(=O)=O. The van der Waals surface area contributed by atoms with Gasteiger partial charge in [0.2, 0.25) is 10.0 Å². The number of pyridine rings is 1. The first-order valence-corrected chi connectivity index (χ1v) is 7.24. The van der Waals surface area contributed by atoms with Crippen molar-refractivity contribution in [1.82, 2.24) is 9.88 Å². The molecule has 0 unspecified atom stereocenters. The number of carbonyl (C=O) groups excluding carboxylic acids is 1. The predicted molar refractivity (Wildman–Crippen MR) is 67.3 cm³/mol. The highest BCUT2D eigenvalue weighted by atomic mass is 32.2. The van der Waals surface area contributed by atoms with Gasteiger partial charge in [-0.1, -0.05) is 0 Å². The van der Waals surface area contributed by atoms with Crippen molar-refractivity contribution in [2.45, 2.75) is 23.8 Å². The van der Waals surface area contributed by atoms with Crippen LogP contribution in [-0.2, 0) is 10.0 Å². The van der Waals surface area contributed by atoms with E-state index in [0.29, 0.717) is 0 Å². The Labute approximate surface area is 111 Å². The van der Waals surface area contributed by atoms with Gasteiger partial charge in [0.15, 0.2) is 5.75 Å². The van der Waals surface area contributed by atoms with E-state index in [9.17, 15) is 13.2 Å². The average Bonchev–Trinajstić information content (AvgIpc) is 3.10. The summed E-state index contributed by atoms with van der Waals surface area (Å²) in [7, 11) is -0.991. The number of nitrogens with zero attached hydrogens (tertiary/aromatic N) is 2. The van der Waals surface area contributed by atoms with E-state index in [0.717, 1.165) is 19.0 Å². The first-order chi connectivity index (χ1) is 8.80. The Hall–Kier alpha value is -1.67. The Morgan fingerprint density at radius 1 is 1.42 bits per heavy atom. The third-order valence-corrected chi connectivity index (χ3v) is 3.54. The van der Waals surface area contributed by atoms with Crippen LogP contribution in [0.25, 0.3) is 0 Å². The zero-order valence-electron chi connectivity index (χ0n) is 10.7. The molecule has 19 heavy (non-hydrogen) atoms. The van der Waals surface area contributed by atoms with Gasteiger partial charge in [-0.15, -0.1) is 0 Å². The van der Waals surface area contributed by atoms with Crippen LogP contribution in [0.5, 0.6) is 5.75 Å². The molecule has 0 atom stereocenters. The predicted octanol–water partition coefficient (Wildman–Crippen LogP) is -0.0280. The van der Waals surface area contributed by atoms with Crippen LogP contribution in [-0.4, -0.2) is 44.4 Å². The lowest BCUT2D eigenvalue weighted by molar-refractivity contribution is 0.0818. The lowest BCUT2D eigenvalue weighted by Gasteiger charge is -2.16. The Kier molecular flexibility index (Phi) is 3.46. The van der Waals surface area contributed by atoms with E-state index in [1.54, 1.807) is 0 Å². The van der Waals surface area contributed by atoms with E-state index >= 15 is 0 Å². The number of nitrogens with two attached hydrogens (primary N) is 1. The van der Waals surface area contributed by atoms with E-state index in [1.165, 1.54) is 25.2 Å². The molecule has 1 aromatic heterocycles. The minimum absolute atomic E-state index is 0.0197. The molecule has 104 valence electrons. The second-order valence-corrected chi connectivity index (χ2v) is 6.10. The van der Waals surface area contributed by atoms with E-state index in [4.69, 9.17) is 9.88 Å². The number of primary sulfonamides is 1. The summed E-state index contributed by atoms with van der Waals surface area (Å²) in [6, 6.07) is 0. The van der Waals surface area contributed by atoms with Crippen molar-refractivity contribution in [2.24, 2.45) is 5.14 Å². The van der Waals surface area contributed by atoms with E-state index in [-0.39, 0.29) is 22.3 Å². The molecule has 1 aliphatic rings. The molecule has 1 fully saturated rings. The molecule has 2 rings (SSSR count). The van der Waals surface area contributed by atoms with Crippen LogP contribution in [0.15, 0.2) is 17.3 Å². The Morgan fingerprint density at radius 3 is 2.53 bits per heavy atom. The summed E-state index contributed by atoms with van der Waals surface area (Å²) < 4.78 is 28.6. The van der Waals surface area contributed by atoms with Gasteiger partial charge in [-0.2, -0.15) is 0 Å². The van der Waals surface area contributed by atoms with Crippen LogP contribution in [0.1, 0.15) is 23.2 Å². The third-order valence-electron chi connectivity index (χ3n) is 2.62. The summed E-state index contributed by atoms with van der Waals surface area (Å²) in [5.41, 5.74) is -0.0607. The van der Waals surface area contributed by atoms with Gasteiger partial charge in [-0.3, -0.25) is 9.78 Å². The van der Waals surface area contributed by atoms with Gasteiger partial charge in [0.1, 0.15) is 10.5 Å². The van der Waals surface area contributed by atoms with Crippen molar-refractivity contribution in [2.75, 3.05) is 14.1 Å². The van der Waals surface area contributed by atoms with Gasteiger partial charge < -0.3 is 9.64 Å². The highest BCUT2D eigenvalue weighted by Crippen LogP contribution is 2.31. The number of hydrogen-bond donors (Lipinski definition) is 1. The minimum Gasteiger partial charge on any atom is -0.488 e. The fourth-order valence-electron chi connectivity index (χ4n) is 1.53. The van der Waals surface area contributed by atoms with Gasteiger partial charge in [0, 0.05) is 20.3 Å². The highest BCUT2D eigenvalue weighted by molar-refractivity contribution is 7.89. The van der Waals surface area contributed by atoms with E-state index in [1.807, 2.05) is 0 Å². The first kappa shape index (κ1) is 13.8. The molecule has 0 aliphatic heterocycles.